The topological polar surface area (TPSA) is 0 Å². The van der Waals surface area contributed by atoms with Crippen LogP contribution >= 0.6 is 11.6 Å². The summed E-state index contributed by atoms with van der Waals surface area (Å²) in [6.45, 7) is 4.01. The van der Waals surface area contributed by atoms with Crippen LogP contribution in [-0.4, -0.2) is 0 Å². The molecule has 0 bridgehead atoms. The second-order valence-electron chi connectivity index (χ2n) is 3.78. The molecule has 0 aliphatic heterocycles. The van der Waals surface area contributed by atoms with E-state index in [4.69, 9.17) is 11.6 Å². The molecule has 1 aromatic carbocycles. The first-order valence-electron chi connectivity index (χ1n) is 4.86. The predicted octanol–water partition coefficient (Wildman–Crippen LogP) is 4.06. The van der Waals surface area contributed by atoms with Crippen molar-refractivity contribution in [1.82, 2.24) is 0 Å². The van der Waals surface area contributed by atoms with Crippen molar-refractivity contribution < 1.29 is 0 Å². The predicted molar refractivity (Wildman–Crippen MR) is 56.9 cm³/mol. The van der Waals surface area contributed by atoms with E-state index in [0.717, 1.165) is 17.4 Å². The first-order chi connectivity index (χ1) is 6.31. The monoisotopic (exact) mass is 193 g/mol. The third kappa shape index (κ3) is 2.05. The van der Waals surface area contributed by atoms with Crippen LogP contribution in [0.4, 0.5) is 0 Å². The molecule has 0 amide bonds. The highest BCUT2D eigenvalue weighted by Gasteiger charge is 2.30. The van der Waals surface area contributed by atoms with Gasteiger partial charge in [-0.15, -0.1) is 0 Å². The van der Waals surface area contributed by atoms with E-state index < -0.39 is 0 Å². The van der Waals surface area contributed by atoms with Gasteiger partial charge in [-0.3, -0.25) is 0 Å². The van der Waals surface area contributed by atoms with Crippen LogP contribution in [0.3, 0.4) is 0 Å². The molecular formula is C12H14Cl. The molecule has 1 atom stereocenters. The van der Waals surface area contributed by atoms with Gasteiger partial charge in [0.25, 0.3) is 0 Å². The zero-order valence-electron chi connectivity index (χ0n) is 7.67. The molecule has 0 aromatic heterocycles. The molecule has 1 saturated carbocycles. The lowest BCUT2D eigenvalue weighted by atomic mass is 9.92. The van der Waals surface area contributed by atoms with Gasteiger partial charge in [0, 0.05) is 5.02 Å². The maximum absolute atomic E-state index is 5.84. The third-order valence-electron chi connectivity index (χ3n) is 2.80. The number of halogens is 1. The Morgan fingerprint density at radius 2 is 1.92 bits per heavy atom. The Bertz CT molecular complexity index is 272. The number of rotatable bonds is 3. The van der Waals surface area contributed by atoms with Gasteiger partial charge in [-0.1, -0.05) is 30.7 Å². The van der Waals surface area contributed by atoms with Crippen LogP contribution in [0.5, 0.6) is 0 Å². The van der Waals surface area contributed by atoms with Gasteiger partial charge >= 0.3 is 0 Å². The van der Waals surface area contributed by atoms with E-state index in [-0.39, 0.29) is 0 Å². The summed E-state index contributed by atoms with van der Waals surface area (Å²) in [4.78, 5) is 0. The molecule has 1 aliphatic carbocycles. The number of hydrogen-bond donors (Lipinski definition) is 0. The van der Waals surface area contributed by atoms with E-state index in [2.05, 4.69) is 19.1 Å². The standard InChI is InChI=1S/C12H14Cl/c1-2-12(9-3-4-9)10-5-7-11(13)8-6-10/h5-9,12H,1-4H2. The quantitative estimate of drug-likeness (QED) is 0.679. The van der Waals surface area contributed by atoms with Crippen molar-refractivity contribution in [3.8, 4) is 0 Å². The van der Waals surface area contributed by atoms with E-state index in [0.29, 0.717) is 5.92 Å². The highest BCUT2D eigenvalue weighted by atomic mass is 35.5. The van der Waals surface area contributed by atoms with Crippen LogP contribution in [-0.2, 0) is 0 Å². The minimum Gasteiger partial charge on any atom is -0.0843 e. The summed E-state index contributed by atoms with van der Waals surface area (Å²) >= 11 is 5.84. The van der Waals surface area contributed by atoms with Crippen LogP contribution < -0.4 is 0 Å². The van der Waals surface area contributed by atoms with Gasteiger partial charge in [-0.2, -0.15) is 0 Å². The molecule has 0 saturated heterocycles. The zero-order chi connectivity index (χ0) is 9.26. The largest absolute Gasteiger partial charge is 0.0843 e. The molecule has 0 nitrogen and oxygen atoms in total. The van der Waals surface area contributed by atoms with Crippen LogP contribution in [0, 0.1) is 12.8 Å². The molecule has 0 heterocycles. The van der Waals surface area contributed by atoms with Crippen molar-refractivity contribution in [3.05, 3.63) is 41.8 Å². The molecule has 2 rings (SSSR count). The molecule has 1 aliphatic rings. The second-order valence-corrected chi connectivity index (χ2v) is 4.22. The number of hydrogen-bond acceptors (Lipinski definition) is 0. The lowest BCUT2D eigenvalue weighted by Gasteiger charge is -2.13. The molecule has 1 heteroatoms. The molecule has 1 unspecified atom stereocenters. The summed E-state index contributed by atoms with van der Waals surface area (Å²) in [5, 5.41) is 0.822. The lowest BCUT2D eigenvalue weighted by molar-refractivity contribution is 0.612. The summed E-state index contributed by atoms with van der Waals surface area (Å²) in [7, 11) is 0. The van der Waals surface area contributed by atoms with Gasteiger partial charge in [0.05, 0.1) is 0 Å². The minimum atomic E-state index is 0.664. The first-order valence-corrected chi connectivity index (χ1v) is 5.24. The summed E-state index contributed by atoms with van der Waals surface area (Å²) in [6.07, 6.45) is 3.76. The summed E-state index contributed by atoms with van der Waals surface area (Å²) in [5.41, 5.74) is 1.40. The Kier molecular flexibility index (Phi) is 2.59. The van der Waals surface area contributed by atoms with Crippen LogP contribution in [0.25, 0.3) is 0 Å². The van der Waals surface area contributed by atoms with Crippen molar-refractivity contribution in [1.29, 1.82) is 0 Å². The van der Waals surface area contributed by atoms with Gasteiger partial charge in [0.15, 0.2) is 0 Å². The first kappa shape index (κ1) is 9.08. The van der Waals surface area contributed by atoms with Gasteiger partial charge in [0.2, 0.25) is 0 Å². The molecule has 1 radical (unpaired) electrons. The summed E-state index contributed by atoms with van der Waals surface area (Å²) < 4.78 is 0. The normalized spacial score (nSPS) is 18.6. The lowest BCUT2D eigenvalue weighted by Crippen LogP contribution is -1.98. The fourth-order valence-corrected chi connectivity index (χ4v) is 2.01. The Morgan fingerprint density at radius 3 is 2.38 bits per heavy atom. The maximum atomic E-state index is 5.84. The molecular weight excluding hydrogens is 180 g/mol. The maximum Gasteiger partial charge on any atom is 0.0406 e. The van der Waals surface area contributed by atoms with Crippen molar-refractivity contribution >= 4 is 11.6 Å². The molecule has 1 fully saturated rings. The summed E-state index contributed by atoms with van der Waals surface area (Å²) in [6, 6.07) is 8.22. The van der Waals surface area contributed by atoms with Crippen molar-refractivity contribution in [2.24, 2.45) is 5.92 Å². The van der Waals surface area contributed by atoms with Crippen LogP contribution in [0.2, 0.25) is 5.02 Å². The van der Waals surface area contributed by atoms with E-state index in [9.17, 15) is 0 Å². The highest BCUT2D eigenvalue weighted by molar-refractivity contribution is 6.30. The van der Waals surface area contributed by atoms with E-state index in [1.54, 1.807) is 0 Å². The summed E-state index contributed by atoms with van der Waals surface area (Å²) in [5.74, 6) is 1.55. The molecule has 0 N–H and O–H groups in total. The Morgan fingerprint density at radius 1 is 1.31 bits per heavy atom. The SMILES string of the molecule is [CH2]CC(c1ccc(Cl)cc1)C1CC1. The van der Waals surface area contributed by atoms with E-state index in [1.807, 2.05) is 12.1 Å². The second kappa shape index (κ2) is 3.71. The Balaban J connectivity index is 2.17. The van der Waals surface area contributed by atoms with Crippen molar-refractivity contribution in [2.75, 3.05) is 0 Å². The minimum absolute atomic E-state index is 0.664. The number of benzene rings is 1. The third-order valence-corrected chi connectivity index (χ3v) is 3.05. The fourth-order valence-electron chi connectivity index (χ4n) is 1.88. The molecule has 0 spiro atoms. The van der Waals surface area contributed by atoms with Crippen LogP contribution in [0.1, 0.15) is 30.7 Å². The van der Waals surface area contributed by atoms with E-state index in [1.165, 1.54) is 18.4 Å². The Hall–Kier alpha value is -0.490. The van der Waals surface area contributed by atoms with Gasteiger partial charge in [-0.05, 0) is 48.8 Å². The average Bonchev–Trinajstić information content (AvgIpc) is 2.93. The molecule has 69 valence electrons. The molecule has 1 aromatic rings. The Labute approximate surface area is 84.9 Å². The highest BCUT2D eigenvalue weighted by Crippen LogP contribution is 2.44. The van der Waals surface area contributed by atoms with Gasteiger partial charge < -0.3 is 0 Å². The zero-order valence-corrected chi connectivity index (χ0v) is 8.43. The van der Waals surface area contributed by atoms with Crippen molar-refractivity contribution in [2.45, 2.75) is 25.2 Å². The van der Waals surface area contributed by atoms with Crippen LogP contribution in [0.15, 0.2) is 24.3 Å². The van der Waals surface area contributed by atoms with Gasteiger partial charge in [-0.25, -0.2) is 0 Å². The van der Waals surface area contributed by atoms with E-state index >= 15 is 0 Å². The fraction of sp³-hybridized carbons (Fsp3) is 0.417. The smallest absolute Gasteiger partial charge is 0.0406 e. The van der Waals surface area contributed by atoms with Crippen molar-refractivity contribution in [3.63, 3.8) is 0 Å². The van der Waals surface area contributed by atoms with Gasteiger partial charge in [0.1, 0.15) is 0 Å². The molecule has 13 heavy (non-hydrogen) atoms. The average molecular weight is 194 g/mol.